The zero-order chi connectivity index (χ0) is 14.6. The normalized spacial score (nSPS) is 13.8. The molecule has 0 fully saturated rings. The summed E-state index contributed by atoms with van der Waals surface area (Å²) >= 11 is 0. The Labute approximate surface area is 121 Å². The van der Waals surface area contributed by atoms with Gasteiger partial charge in [-0.2, -0.15) is 0 Å². The lowest BCUT2D eigenvalue weighted by Crippen LogP contribution is -2.29. The second kappa shape index (κ2) is 6.10. The molecule has 106 valence electrons. The molecule has 0 aliphatic rings. The van der Waals surface area contributed by atoms with Crippen molar-refractivity contribution in [3.8, 4) is 5.75 Å². The Morgan fingerprint density at radius 1 is 1.10 bits per heavy atom. The van der Waals surface area contributed by atoms with Crippen LogP contribution in [0.25, 0.3) is 0 Å². The Balaban J connectivity index is 2.26. The second-order valence-electron chi connectivity index (χ2n) is 5.61. The number of benzene rings is 2. The van der Waals surface area contributed by atoms with Gasteiger partial charge in [-0.1, -0.05) is 48.9 Å². The largest absolute Gasteiger partial charge is 0.497 e. The van der Waals surface area contributed by atoms with E-state index in [0.29, 0.717) is 0 Å². The number of methoxy groups -OCH3 is 1. The van der Waals surface area contributed by atoms with E-state index < -0.39 is 0 Å². The quantitative estimate of drug-likeness (QED) is 0.901. The molecule has 2 aromatic carbocycles. The molecule has 0 aliphatic heterocycles. The Morgan fingerprint density at radius 3 is 2.35 bits per heavy atom. The molecule has 2 nitrogen and oxygen atoms in total. The molecule has 1 unspecified atom stereocenters. The minimum atomic E-state index is -0.263. The predicted molar refractivity (Wildman–Crippen MR) is 82.3 cm³/mol. The van der Waals surface area contributed by atoms with Crippen molar-refractivity contribution in [1.29, 1.82) is 0 Å². The Morgan fingerprint density at radius 2 is 1.80 bits per heavy atom. The van der Waals surface area contributed by atoms with Gasteiger partial charge in [0.1, 0.15) is 5.75 Å². The van der Waals surface area contributed by atoms with Crippen LogP contribution in [0.2, 0.25) is 0 Å². The average molecular weight is 270 g/mol. The fourth-order valence-electron chi connectivity index (χ4n) is 2.46. The van der Waals surface area contributed by atoms with Gasteiger partial charge in [-0.05, 0) is 36.6 Å². The molecular weight excluding hydrogens is 248 g/mol. The highest BCUT2D eigenvalue weighted by Crippen LogP contribution is 2.29. The van der Waals surface area contributed by atoms with Crippen LogP contribution in [0, 0.1) is 6.92 Å². The molecule has 0 radical (unpaired) electrons. The fraction of sp³-hybridized carbons (Fsp3) is 0.333. The van der Waals surface area contributed by atoms with E-state index in [9.17, 15) is 5.11 Å². The number of hydrogen-bond donors (Lipinski definition) is 1. The Hall–Kier alpha value is -1.80. The van der Waals surface area contributed by atoms with Gasteiger partial charge in [0.2, 0.25) is 0 Å². The summed E-state index contributed by atoms with van der Waals surface area (Å²) in [5.41, 5.74) is 3.33. The minimum Gasteiger partial charge on any atom is -0.497 e. The SMILES string of the molecule is COc1ccc(CC(C)(CO)c2cccc(C)c2)cc1. The number of ether oxygens (including phenoxy) is 1. The van der Waals surface area contributed by atoms with Gasteiger partial charge in [-0.15, -0.1) is 0 Å². The highest BCUT2D eigenvalue weighted by molar-refractivity contribution is 5.34. The van der Waals surface area contributed by atoms with Crippen molar-refractivity contribution in [1.82, 2.24) is 0 Å². The number of rotatable bonds is 5. The van der Waals surface area contributed by atoms with E-state index in [1.807, 2.05) is 18.2 Å². The van der Waals surface area contributed by atoms with Gasteiger partial charge in [-0.25, -0.2) is 0 Å². The zero-order valence-electron chi connectivity index (χ0n) is 12.4. The molecule has 0 heterocycles. The number of aliphatic hydroxyl groups excluding tert-OH is 1. The topological polar surface area (TPSA) is 29.5 Å². The van der Waals surface area contributed by atoms with Crippen LogP contribution in [0.4, 0.5) is 0 Å². The smallest absolute Gasteiger partial charge is 0.118 e. The Bertz CT molecular complexity index is 560. The molecule has 0 aliphatic carbocycles. The van der Waals surface area contributed by atoms with Crippen LogP contribution in [0.1, 0.15) is 23.6 Å². The number of aliphatic hydroxyl groups is 1. The van der Waals surface area contributed by atoms with Crippen molar-refractivity contribution in [2.45, 2.75) is 25.7 Å². The molecule has 2 rings (SSSR count). The van der Waals surface area contributed by atoms with Gasteiger partial charge in [0.05, 0.1) is 13.7 Å². The molecule has 0 saturated carbocycles. The summed E-state index contributed by atoms with van der Waals surface area (Å²) in [6, 6.07) is 16.4. The van der Waals surface area contributed by atoms with Gasteiger partial charge >= 0.3 is 0 Å². The van der Waals surface area contributed by atoms with E-state index in [1.54, 1.807) is 7.11 Å². The lowest BCUT2D eigenvalue weighted by molar-refractivity contribution is 0.204. The first-order chi connectivity index (χ1) is 9.57. The van der Waals surface area contributed by atoms with Crippen LogP contribution in [0.5, 0.6) is 5.75 Å². The van der Waals surface area contributed by atoms with Crippen molar-refractivity contribution in [3.63, 3.8) is 0 Å². The number of aryl methyl sites for hydroxylation is 1. The first kappa shape index (κ1) is 14.6. The maximum Gasteiger partial charge on any atom is 0.118 e. The van der Waals surface area contributed by atoms with Crippen LogP contribution < -0.4 is 4.74 Å². The summed E-state index contributed by atoms with van der Waals surface area (Å²) in [5, 5.41) is 9.87. The summed E-state index contributed by atoms with van der Waals surface area (Å²) in [4.78, 5) is 0. The van der Waals surface area contributed by atoms with Crippen LogP contribution in [0.15, 0.2) is 48.5 Å². The fourth-order valence-corrected chi connectivity index (χ4v) is 2.46. The molecule has 0 saturated heterocycles. The van der Waals surface area contributed by atoms with Crippen molar-refractivity contribution < 1.29 is 9.84 Å². The summed E-state index contributed by atoms with van der Waals surface area (Å²) in [6.45, 7) is 4.31. The van der Waals surface area contributed by atoms with Crippen molar-refractivity contribution >= 4 is 0 Å². The minimum absolute atomic E-state index is 0.127. The van der Waals surface area contributed by atoms with Crippen molar-refractivity contribution in [3.05, 3.63) is 65.2 Å². The third-order valence-corrected chi connectivity index (χ3v) is 3.82. The molecule has 0 spiro atoms. The van der Waals surface area contributed by atoms with E-state index in [1.165, 1.54) is 16.7 Å². The van der Waals surface area contributed by atoms with Crippen LogP contribution in [-0.2, 0) is 11.8 Å². The third kappa shape index (κ3) is 3.20. The molecular formula is C18H22O2. The third-order valence-electron chi connectivity index (χ3n) is 3.82. The summed E-state index contributed by atoms with van der Waals surface area (Å²) < 4.78 is 5.18. The van der Waals surface area contributed by atoms with E-state index in [-0.39, 0.29) is 12.0 Å². The lowest BCUT2D eigenvalue weighted by Gasteiger charge is -2.28. The highest BCUT2D eigenvalue weighted by atomic mass is 16.5. The molecule has 0 aromatic heterocycles. The van der Waals surface area contributed by atoms with E-state index in [0.717, 1.165) is 12.2 Å². The standard InChI is InChI=1S/C18H22O2/c1-14-5-4-6-16(11-14)18(2,13-19)12-15-7-9-17(20-3)10-8-15/h4-11,19H,12-13H2,1-3H3. The lowest BCUT2D eigenvalue weighted by atomic mass is 9.77. The van der Waals surface area contributed by atoms with Gasteiger partial charge < -0.3 is 9.84 Å². The van der Waals surface area contributed by atoms with Crippen LogP contribution in [-0.4, -0.2) is 18.8 Å². The molecule has 0 amide bonds. The van der Waals surface area contributed by atoms with E-state index in [4.69, 9.17) is 4.74 Å². The van der Waals surface area contributed by atoms with Crippen molar-refractivity contribution in [2.24, 2.45) is 0 Å². The average Bonchev–Trinajstić information content (AvgIpc) is 2.48. The first-order valence-electron chi connectivity index (χ1n) is 6.88. The van der Waals surface area contributed by atoms with Gasteiger partial charge in [-0.3, -0.25) is 0 Å². The molecule has 1 atom stereocenters. The summed E-state index contributed by atoms with van der Waals surface area (Å²) in [6.07, 6.45) is 0.803. The second-order valence-corrected chi connectivity index (χ2v) is 5.61. The van der Waals surface area contributed by atoms with Gasteiger partial charge in [0.25, 0.3) is 0 Å². The first-order valence-corrected chi connectivity index (χ1v) is 6.88. The molecule has 2 heteroatoms. The molecule has 20 heavy (non-hydrogen) atoms. The van der Waals surface area contributed by atoms with E-state index >= 15 is 0 Å². The molecule has 0 bridgehead atoms. The van der Waals surface area contributed by atoms with Gasteiger partial charge in [0.15, 0.2) is 0 Å². The summed E-state index contributed by atoms with van der Waals surface area (Å²) in [7, 11) is 1.67. The summed E-state index contributed by atoms with van der Waals surface area (Å²) in [5.74, 6) is 0.856. The highest BCUT2D eigenvalue weighted by Gasteiger charge is 2.26. The van der Waals surface area contributed by atoms with Crippen LogP contribution in [0.3, 0.4) is 0 Å². The van der Waals surface area contributed by atoms with Gasteiger partial charge in [0, 0.05) is 5.41 Å². The monoisotopic (exact) mass is 270 g/mol. The molecule has 2 aromatic rings. The van der Waals surface area contributed by atoms with Crippen molar-refractivity contribution in [2.75, 3.05) is 13.7 Å². The maximum absolute atomic E-state index is 9.87. The molecule has 1 N–H and O–H groups in total. The predicted octanol–water partition coefficient (Wildman–Crippen LogP) is 3.50. The number of hydrogen-bond acceptors (Lipinski definition) is 2. The zero-order valence-corrected chi connectivity index (χ0v) is 12.4. The maximum atomic E-state index is 9.87. The van der Waals surface area contributed by atoms with Crippen LogP contribution >= 0.6 is 0 Å². The Kier molecular flexibility index (Phi) is 4.46. The van der Waals surface area contributed by atoms with E-state index in [2.05, 4.69) is 44.2 Å².